The quantitative estimate of drug-likeness (QED) is 0.614. The van der Waals surface area contributed by atoms with Crippen LogP contribution in [0.4, 0.5) is 0 Å². The summed E-state index contributed by atoms with van der Waals surface area (Å²) in [4.78, 5) is 20.5. The van der Waals surface area contributed by atoms with Gasteiger partial charge in [0.2, 0.25) is 0 Å². The fourth-order valence-electron chi connectivity index (χ4n) is 6.72. The third-order valence-corrected chi connectivity index (χ3v) is 8.90. The van der Waals surface area contributed by atoms with Crippen LogP contribution in [0.3, 0.4) is 0 Å². The molecule has 3 aromatic rings. The van der Waals surface area contributed by atoms with Crippen molar-refractivity contribution in [3.05, 3.63) is 52.6 Å². The topological polar surface area (TPSA) is 57.8 Å². The van der Waals surface area contributed by atoms with Gasteiger partial charge in [0, 0.05) is 34.9 Å². The van der Waals surface area contributed by atoms with E-state index in [9.17, 15) is 4.79 Å². The fraction of sp³-hybridized carbons (Fsp3) is 0.500. The van der Waals surface area contributed by atoms with Crippen LogP contribution >= 0.6 is 11.3 Å². The smallest absolute Gasteiger partial charge is 0.251 e. The lowest BCUT2D eigenvalue weighted by Crippen LogP contribution is -2.43. The summed E-state index contributed by atoms with van der Waals surface area (Å²) >= 11 is 1.79. The molecule has 2 N–H and O–H groups in total. The summed E-state index contributed by atoms with van der Waals surface area (Å²) in [7, 11) is 0. The molecule has 2 bridgehead atoms. The van der Waals surface area contributed by atoms with Crippen molar-refractivity contribution in [1.29, 1.82) is 0 Å². The minimum atomic E-state index is 0.0815. The van der Waals surface area contributed by atoms with E-state index < -0.39 is 0 Å². The average Bonchev–Trinajstić information content (AvgIpc) is 3.06. The van der Waals surface area contributed by atoms with Gasteiger partial charge in [-0.2, -0.15) is 0 Å². The van der Waals surface area contributed by atoms with Crippen LogP contribution in [0.15, 0.2) is 42.0 Å². The Balaban J connectivity index is 1.10. The molecule has 4 nitrogen and oxygen atoms in total. The Kier molecular flexibility index (Phi) is 4.09. The Bertz CT molecular complexity index is 1030. The SMILES string of the molecule is O=C(NC1C[C@H]2CC[C@@H](C1)C21CC1CCc1nccs1)c1ccc2cc[nH]c2c1. The second-order valence-corrected chi connectivity index (χ2v) is 10.3. The summed E-state index contributed by atoms with van der Waals surface area (Å²) < 4.78 is 0. The molecular weight excluding hydrogens is 378 g/mol. The molecule has 2 heterocycles. The summed E-state index contributed by atoms with van der Waals surface area (Å²) in [5, 5.41) is 7.89. The van der Waals surface area contributed by atoms with Crippen LogP contribution in [-0.4, -0.2) is 21.9 Å². The maximum absolute atomic E-state index is 12.9. The van der Waals surface area contributed by atoms with Crippen molar-refractivity contribution in [2.75, 3.05) is 0 Å². The highest BCUT2D eigenvalue weighted by atomic mass is 32.1. The highest BCUT2D eigenvalue weighted by Gasteiger charge is 2.66. The zero-order chi connectivity index (χ0) is 19.4. The van der Waals surface area contributed by atoms with Crippen LogP contribution in [0.5, 0.6) is 0 Å². The van der Waals surface area contributed by atoms with Crippen molar-refractivity contribution in [3.63, 3.8) is 0 Å². The van der Waals surface area contributed by atoms with Crippen molar-refractivity contribution in [2.24, 2.45) is 23.2 Å². The maximum Gasteiger partial charge on any atom is 0.251 e. The molecule has 29 heavy (non-hydrogen) atoms. The number of hydrogen-bond donors (Lipinski definition) is 2. The van der Waals surface area contributed by atoms with Gasteiger partial charge < -0.3 is 10.3 Å². The summed E-state index contributed by atoms with van der Waals surface area (Å²) in [6.07, 6.45) is 12.8. The lowest BCUT2D eigenvalue weighted by atomic mass is 9.71. The molecule has 2 aromatic heterocycles. The molecule has 0 radical (unpaired) electrons. The van der Waals surface area contributed by atoms with Gasteiger partial charge in [-0.05, 0) is 91.7 Å². The van der Waals surface area contributed by atoms with Crippen LogP contribution in [0.2, 0.25) is 0 Å². The number of fused-ring (bicyclic) bond motifs is 1. The van der Waals surface area contributed by atoms with Crippen LogP contribution in [0, 0.1) is 23.2 Å². The van der Waals surface area contributed by atoms with Crippen molar-refractivity contribution in [2.45, 2.75) is 51.0 Å². The van der Waals surface area contributed by atoms with Crippen LogP contribution < -0.4 is 5.32 Å². The zero-order valence-electron chi connectivity index (χ0n) is 16.6. The number of aromatic nitrogens is 2. The molecule has 3 unspecified atom stereocenters. The summed E-state index contributed by atoms with van der Waals surface area (Å²) in [6.45, 7) is 0. The van der Waals surface area contributed by atoms with Crippen molar-refractivity contribution in [3.8, 4) is 0 Å². The minimum Gasteiger partial charge on any atom is -0.361 e. The van der Waals surface area contributed by atoms with Gasteiger partial charge in [-0.1, -0.05) is 6.07 Å². The second kappa shape index (κ2) is 6.69. The predicted molar refractivity (Wildman–Crippen MR) is 116 cm³/mol. The Morgan fingerprint density at radius 2 is 2.10 bits per heavy atom. The number of nitrogens with zero attached hydrogens (tertiary/aromatic N) is 1. The number of rotatable bonds is 5. The molecule has 1 spiro atoms. The van der Waals surface area contributed by atoms with E-state index in [0.29, 0.717) is 11.5 Å². The highest BCUT2D eigenvalue weighted by Crippen LogP contribution is 2.73. The molecule has 3 fully saturated rings. The van der Waals surface area contributed by atoms with Gasteiger partial charge in [0.25, 0.3) is 5.91 Å². The Morgan fingerprint density at radius 1 is 1.24 bits per heavy atom. The van der Waals surface area contributed by atoms with E-state index in [1.807, 2.05) is 36.7 Å². The molecule has 3 aliphatic rings. The van der Waals surface area contributed by atoms with Gasteiger partial charge in [0.1, 0.15) is 0 Å². The van der Waals surface area contributed by atoms with Gasteiger partial charge in [0.05, 0.1) is 5.01 Å². The molecule has 5 atom stereocenters. The first kappa shape index (κ1) is 17.7. The van der Waals surface area contributed by atoms with Crippen LogP contribution in [0.1, 0.15) is 53.9 Å². The average molecular weight is 406 g/mol. The predicted octanol–water partition coefficient (Wildman–Crippen LogP) is 5.18. The normalized spacial score (nSPS) is 32.7. The molecule has 1 aromatic carbocycles. The first-order valence-electron chi connectivity index (χ1n) is 11.0. The molecule has 6 rings (SSSR count). The van der Waals surface area contributed by atoms with Gasteiger partial charge >= 0.3 is 0 Å². The van der Waals surface area contributed by atoms with E-state index in [2.05, 4.69) is 20.7 Å². The van der Waals surface area contributed by atoms with Crippen molar-refractivity contribution in [1.82, 2.24) is 15.3 Å². The standard InChI is InChI=1S/C24H27N3OS/c28-23(16-2-1-15-7-8-25-21(15)11-16)27-20-12-17-3-4-18(13-20)24(17)14-19(24)5-6-22-26-9-10-29-22/h1-2,7-11,17-20,25H,3-6,12-14H2,(H,27,28)/t17-,18+,19?,20?,24?. The Hall–Kier alpha value is -2.14. The number of benzene rings is 1. The monoisotopic (exact) mass is 405 g/mol. The molecule has 1 amide bonds. The summed E-state index contributed by atoms with van der Waals surface area (Å²) in [5.41, 5.74) is 2.39. The summed E-state index contributed by atoms with van der Waals surface area (Å²) in [5.74, 6) is 2.58. The van der Waals surface area contributed by atoms with Crippen molar-refractivity contribution < 1.29 is 4.79 Å². The van der Waals surface area contributed by atoms with Crippen molar-refractivity contribution >= 4 is 28.1 Å². The molecule has 150 valence electrons. The Labute approximate surface area is 175 Å². The Morgan fingerprint density at radius 3 is 2.90 bits per heavy atom. The molecular formula is C24H27N3OS. The maximum atomic E-state index is 12.9. The van der Waals surface area contributed by atoms with E-state index in [1.165, 1.54) is 43.5 Å². The van der Waals surface area contributed by atoms with E-state index in [4.69, 9.17) is 0 Å². The highest BCUT2D eigenvalue weighted by molar-refractivity contribution is 7.09. The molecule has 3 saturated carbocycles. The van der Waals surface area contributed by atoms with Gasteiger partial charge in [-0.25, -0.2) is 4.98 Å². The number of H-pyrrole nitrogens is 1. The lowest BCUT2D eigenvalue weighted by molar-refractivity contribution is 0.0873. The van der Waals surface area contributed by atoms with E-state index >= 15 is 0 Å². The number of aromatic amines is 1. The number of amides is 1. The molecule has 5 heteroatoms. The number of hydrogen-bond acceptors (Lipinski definition) is 3. The van der Waals surface area contributed by atoms with E-state index in [0.717, 1.165) is 40.6 Å². The molecule has 3 aliphatic carbocycles. The van der Waals surface area contributed by atoms with Crippen LogP contribution in [-0.2, 0) is 6.42 Å². The molecule has 0 saturated heterocycles. The van der Waals surface area contributed by atoms with Gasteiger partial charge in [-0.3, -0.25) is 4.79 Å². The van der Waals surface area contributed by atoms with Crippen LogP contribution in [0.25, 0.3) is 10.9 Å². The number of aryl methyl sites for hydroxylation is 1. The fourth-order valence-corrected chi connectivity index (χ4v) is 7.36. The zero-order valence-corrected chi connectivity index (χ0v) is 17.4. The third kappa shape index (κ3) is 2.93. The number of thiazole rings is 1. The van der Waals surface area contributed by atoms with E-state index in [1.54, 1.807) is 11.3 Å². The molecule has 0 aliphatic heterocycles. The first-order valence-corrected chi connectivity index (χ1v) is 11.9. The minimum absolute atomic E-state index is 0.0815. The van der Waals surface area contributed by atoms with Gasteiger partial charge in [0.15, 0.2) is 0 Å². The number of carbonyl (C=O) groups is 1. The largest absolute Gasteiger partial charge is 0.361 e. The van der Waals surface area contributed by atoms with E-state index in [-0.39, 0.29) is 5.91 Å². The first-order chi connectivity index (χ1) is 14.2. The third-order valence-electron chi connectivity index (χ3n) is 8.06. The number of nitrogens with one attached hydrogen (secondary N) is 2. The summed E-state index contributed by atoms with van der Waals surface area (Å²) in [6, 6.07) is 8.32. The van der Waals surface area contributed by atoms with Gasteiger partial charge in [-0.15, -0.1) is 11.3 Å². The second-order valence-electron chi connectivity index (χ2n) is 9.37. The lowest BCUT2D eigenvalue weighted by Gasteiger charge is -2.37. The number of carbonyl (C=O) groups excluding carboxylic acids is 1.